The van der Waals surface area contributed by atoms with E-state index in [0.717, 1.165) is 31.6 Å². The Morgan fingerprint density at radius 1 is 1.11 bits per heavy atom. The van der Waals surface area contributed by atoms with Crippen LogP contribution in [-0.4, -0.2) is 31.5 Å². The van der Waals surface area contributed by atoms with Crippen molar-refractivity contribution in [3.63, 3.8) is 0 Å². The van der Waals surface area contributed by atoms with Crippen LogP contribution in [0.15, 0.2) is 24.3 Å². The number of aliphatic hydroxyl groups excluding tert-OH is 1. The maximum Gasteiger partial charge on any atom is 0.119 e. The molecule has 0 aromatic heterocycles. The quantitative estimate of drug-likeness (QED) is 0.746. The monoisotopic (exact) mass is 266 g/mol. The molecule has 1 aromatic carbocycles. The summed E-state index contributed by atoms with van der Waals surface area (Å²) in [5.74, 6) is 1.43. The molecule has 0 heterocycles. The Morgan fingerprint density at radius 3 is 2.37 bits per heavy atom. The Morgan fingerprint density at radius 2 is 1.79 bits per heavy atom. The standard InChI is InChI=1S/C16H26O3/c1-13(2)4-7-15(17)12-19-16-8-5-14(6-9-16)10-11-18-3/h5-6,8-9,13,15,17H,4,7,10-12H2,1-3H3. The highest BCUT2D eigenvalue weighted by atomic mass is 16.5. The predicted octanol–water partition coefficient (Wildman–Crippen LogP) is 3.05. The van der Waals surface area contributed by atoms with Crippen LogP contribution in [0.3, 0.4) is 0 Å². The molecule has 1 rings (SSSR count). The van der Waals surface area contributed by atoms with E-state index in [2.05, 4.69) is 13.8 Å². The molecule has 0 aliphatic carbocycles. The highest BCUT2D eigenvalue weighted by molar-refractivity contribution is 5.27. The van der Waals surface area contributed by atoms with Gasteiger partial charge in [0.15, 0.2) is 0 Å². The Labute approximate surface area is 116 Å². The van der Waals surface area contributed by atoms with Crippen molar-refractivity contribution in [1.82, 2.24) is 0 Å². The molecular formula is C16H26O3. The van der Waals surface area contributed by atoms with Gasteiger partial charge in [0.2, 0.25) is 0 Å². The molecule has 0 bridgehead atoms. The number of hydrogen-bond acceptors (Lipinski definition) is 3. The molecule has 1 N–H and O–H groups in total. The van der Waals surface area contributed by atoms with E-state index in [9.17, 15) is 5.11 Å². The fourth-order valence-electron chi connectivity index (χ4n) is 1.77. The van der Waals surface area contributed by atoms with E-state index in [0.29, 0.717) is 12.5 Å². The molecule has 0 spiro atoms. The van der Waals surface area contributed by atoms with Crippen LogP contribution in [0.1, 0.15) is 32.3 Å². The molecule has 3 heteroatoms. The normalized spacial score (nSPS) is 12.7. The smallest absolute Gasteiger partial charge is 0.119 e. The molecule has 1 atom stereocenters. The molecule has 0 aliphatic rings. The molecule has 1 unspecified atom stereocenters. The molecule has 0 fully saturated rings. The Balaban J connectivity index is 2.29. The lowest BCUT2D eigenvalue weighted by molar-refractivity contribution is 0.0950. The summed E-state index contributed by atoms with van der Waals surface area (Å²) in [6.07, 6.45) is 2.35. The largest absolute Gasteiger partial charge is 0.491 e. The topological polar surface area (TPSA) is 38.7 Å². The molecule has 3 nitrogen and oxygen atoms in total. The van der Waals surface area contributed by atoms with E-state index in [1.54, 1.807) is 7.11 Å². The van der Waals surface area contributed by atoms with E-state index < -0.39 is 0 Å². The van der Waals surface area contributed by atoms with Gasteiger partial charge >= 0.3 is 0 Å². The van der Waals surface area contributed by atoms with Crippen molar-refractivity contribution in [1.29, 1.82) is 0 Å². The van der Waals surface area contributed by atoms with Crippen molar-refractivity contribution >= 4 is 0 Å². The minimum atomic E-state index is -0.379. The lowest BCUT2D eigenvalue weighted by atomic mass is 10.1. The molecule has 19 heavy (non-hydrogen) atoms. The van der Waals surface area contributed by atoms with Gasteiger partial charge in [0.05, 0.1) is 12.7 Å². The minimum Gasteiger partial charge on any atom is -0.491 e. The van der Waals surface area contributed by atoms with Crippen LogP contribution in [-0.2, 0) is 11.2 Å². The zero-order valence-corrected chi connectivity index (χ0v) is 12.3. The Bertz CT molecular complexity index is 332. The second-order valence-electron chi connectivity index (χ2n) is 5.32. The average Bonchev–Trinajstić information content (AvgIpc) is 2.41. The zero-order valence-electron chi connectivity index (χ0n) is 12.3. The number of benzene rings is 1. The number of aliphatic hydroxyl groups is 1. The highest BCUT2D eigenvalue weighted by Crippen LogP contribution is 2.14. The van der Waals surface area contributed by atoms with Crippen LogP contribution < -0.4 is 4.74 Å². The van der Waals surface area contributed by atoms with Crippen LogP contribution in [0.2, 0.25) is 0 Å². The van der Waals surface area contributed by atoms with Crippen LogP contribution in [0, 0.1) is 5.92 Å². The van der Waals surface area contributed by atoms with Crippen molar-refractivity contribution < 1.29 is 14.6 Å². The lowest BCUT2D eigenvalue weighted by Gasteiger charge is -2.13. The van der Waals surface area contributed by atoms with Crippen LogP contribution in [0.25, 0.3) is 0 Å². The second-order valence-corrected chi connectivity index (χ2v) is 5.32. The third-order valence-corrected chi connectivity index (χ3v) is 3.04. The molecule has 0 aliphatic heterocycles. The first-order chi connectivity index (χ1) is 9.11. The lowest BCUT2D eigenvalue weighted by Crippen LogP contribution is -2.18. The van der Waals surface area contributed by atoms with Crippen molar-refractivity contribution in [2.24, 2.45) is 5.92 Å². The summed E-state index contributed by atoms with van der Waals surface area (Å²) in [7, 11) is 1.70. The first kappa shape index (κ1) is 16.0. The van der Waals surface area contributed by atoms with Gasteiger partial charge in [-0.15, -0.1) is 0 Å². The molecule has 1 aromatic rings. The van der Waals surface area contributed by atoms with Crippen molar-refractivity contribution in [3.8, 4) is 5.75 Å². The predicted molar refractivity (Wildman–Crippen MR) is 77.6 cm³/mol. The molecule has 0 amide bonds. The van der Waals surface area contributed by atoms with Gasteiger partial charge in [-0.2, -0.15) is 0 Å². The van der Waals surface area contributed by atoms with Crippen LogP contribution >= 0.6 is 0 Å². The fraction of sp³-hybridized carbons (Fsp3) is 0.625. The molecule has 0 saturated carbocycles. The maximum atomic E-state index is 9.79. The molecule has 0 saturated heterocycles. The SMILES string of the molecule is COCCc1ccc(OCC(O)CCC(C)C)cc1. The Kier molecular flexibility index (Phi) is 7.53. The summed E-state index contributed by atoms with van der Waals surface area (Å²) in [4.78, 5) is 0. The summed E-state index contributed by atoms with van der Waals surface area (Å²) in [6.45, 7) is 5.41. The van der Waals surface area contributed by atoms with Gasteiger partial charge in [-0.05, 0) is 42.9 Å². The van der Waals surface area contributed by atoms with Crippen molar-refractivity contribution in [2.45, 2.75) is 39.2 Å². The third-order valence-electron chi connectivity index (χ3n) is 3.04. The third kappa shape index (κ3) is 7.19. The zero-order chi connectivity index (χ0) is 14.1. The number of ether oxygens (including phenoxy) is 2. The Hall–Kier alpha value is -1.06. The van der Waals surface area contributed by atoms with E-state index >= 15 is 0 Å². The van der Waals surface area contributed by atoms with E-state index in [1.165, 1.54) is 5.56 Å². The number of hydrogen-bond donors (Lipinski definition) is 1. The fourth-order valence-corrected chi connectivity index (χ4v) is 1.77. The highest BCUT2D eigenvalue weighted by Gasteiger charge is 2.06. The van der Waals surface area contributed by atoms with Gasteiger partial charge < -0.3 is 14.6 Å². The maximum absolute atomic E-state index is 9.79. The molecule has 0 radical (unpaired) electrons. The molecule has 108 valence electrons. The van der Waals surface area contributed by atoms with Gasteiger partial charge in [0.25, 0.3) is 0 Å². The van der Waals surface area contributed by atoms with Gasteiger partial charge in [-0.25, -0.2) is 0 Å². The minimum absolute atomic E-state index is 0.365. The van der Waals surface area contributed by atoms with Crippen LogP contribution in [0.5, 0.6) is 5.75 Å². The van der Waals surface area contributed by atoms with Crippen molar-refractivity contribution in [2.75, 3.05) is 20.3 Å². The summed E-state index contributed by atoms with van der Waals surface area (Å²) in [6, 6.07) is 7.96. The van der Waals surface area contributed by atoms with Gasteiger partial charge in [-0.3, -0.25) is 0 Å². The van der Waals surface area contributed by atoms with Gasteiger partial charge in [0.1, 0.15) is 12.4 Å². The first-order valence-corrected chi connectivity index (χ1v) is 7.00. The van der Waals surface area contributed by atoms with E-state index in [1.807, 2.05) is 24.3 Å². The van der Waals surface area contributed by atoms with Gasteiger partial charge in [0, 0.05) is 7.11 Å². The summed E-state index contributed by atoms with van der Waals surface area (Å²) in [5, 5.41) is 9.79. The van der Waals surface area contributed by atoms with Crippen LogP contribution in [0.4, 0.5) is 0 Å². The van der Waals surface area contributed by atoms with Crippen molar-refractivity contribution in [3.05, 3.63) is 29.8 Å². The first-order valence-electron chi connectivity index (χ1n) is 7.00. The average molecular weight is 266 g/mol. The summed E-state index contributed by atoms with van der Waals surface area (Å²) in [5.41, 5.74) is 1.23. The summed E-state index contributed by atoms with van der Waals surface area (Å²) >= 11 is 0. The second kappa shape index (κ2) is 8.94. The van der Waals surface area contributed by atoms with E-state index in [4.69, 9.17) is 9.47 Å². The number of methoxy groups -OCH3 is 1. The van der Waals surface area contributed by atoms with Gasteiger partial charge in [-0.1, -0.05) is 26.0 Å². The van der Waals surface area contributed by atoms with E-state index in [-0.39, 0.29) is 6.10 Å². The number of rotatable bonds is 9. The molecular weight excluding hydrogens is 240 g/mol. The summed E-state index contributed by atoms with van der Waals surface area (Å²) < 4.78 is 10.6.